The van der Waals surface area contributed by atoms with Crippen LogP contribution in [0.2, 0.25) is 0 Å². The van der Waals surface area contributed by atoms with Crippen molar-refractivity contribution in [3.63, 3.8) is 0 Å². The number of aromatic nitrogens is 3. The Morgan fingerprint density at radius 3 is 2.79 bits per heavy atom. The van der Waals surface area contributed by atoms with Crippen molar-refractivity contribution in [3.8, 4) is 0 Å². The third kappa shape index (κ3) is 3.18. The zero-order valence-electron chi connectivity index (χ0n) is 15.8. The number of para-hydroxylation sites is 2. The summed E-state index contributed by atoms with van der Waals surface area (Å²) in [6.45, 7) is 1.18. The van der Waals surface area contributed by atoms with E-state index in [1.54, 1.807) is 17.0 Å². The highest BCUT2D eigenvalue weighted by Crippen LogP contribution is 2.23. The van der Waals surface area contributed by atoms with Crippen LogP contribution in [-0.4, -0.2) is 38.6 Å². The van der Waals surface area contributed by atoms with Crippen LogP contribution in [0.1, 0.15) is 24.6 Å². The molecular weight excluding hydrogens is 368 g/mol. The summed E-state index contributed by atoms with van der Waals surface area (Å²) in [7, 11) is 0. The molecule has 0 saturated carbocycles. The van der Waals surface area contributed by atoms with Gasteiger partial charge in [0, 0.05) is 18.5 Å². The second kappa shape index (κ2) is 7.16. The van der Waals surface area contributed by atoms with Gasteiger partial charge >= 0.3 is 0 Å². The van der Waals surface area contributed by atoms with Crippen molar-refractivity contribution in [2.24, 2.45) is 0 Å². The molecule has 7 nitrogen and oxygen atoms in total. The molecule has 3 heterocycles. The molecule has 1 atom stereocenters. The van der Waals surface area contributed by atoms with Crippen LogP contribution in [0.4, 0.5) is 0 Å². The quantitative estimate of drug-likeness (QED) is 0.539. The van der Waals surface area contributed by atoms with E-state index in [9.17, 15) is 9.59 Å². The number of hydrogen-bond donors (Lipinski definition) is 0. The number of rotatable bonds is 3. The van der Waals surface area contributed by atoms with E-state index in [-0.39, 0.29) is 23.9 Å². The third-order valence-electron chi connectivity index (χ3n) is 5.60. The van der Waals surface area contributed by atoms with Gasteiger partial charge in [-0.1, -0.05) is 29.4 Å². The van der Waals surface area contributed by atoms with Gasteiger partial charge in [-0.2, -0.15) is 0 Å². The predicted molar refractivity (Wildman–Crippen MR) is 109 cm³/mol. The minimum Gasteiger partial charge on any atom is -0.356 e. The smallest absolute Gasteiger partial charge is 0.261 e. The Morgan fingerprint density at radius 1 is 1.10 bits per heavy atom. The molecular formula is C22H20N4O3. The maximum absolute atomic E-state index is 12.9. The standard InChI is InChI=1S/C22H20N4O3/c27-21(12-19-16-7-2-4-10-20(16)29-24-19)25-11-5-6-15(13-25)26-14-23-18-9-3-1-8-17(18)22(26)28/h1-4,7-10,14-15H,5-6,11-13H2/t15-/m0/s1. The number of carbonyl (C=O) groups excluding carboxylic acids is 1. The molecule has 0 N–H and O–H groups in total. The second-order valence-corrected chi connectivity index (χ2v) is 7.41. The van der Waals surface area contributed by atoms with Gasteiger partial charge in [-0.25, -0.2) is 4.98 Å². The minimum atomic E-state index is -0.0774. The fraction of sp³-hybridized carbons (Fsp3) is 0.273. The third-order valence-corrected chi connectivity index (χ3v) is 5.60. The van der Waals surface area contributed by atoms with E-state index in [4.69, 9.17) is 4.52 Å². The molecule has 0 spiro atoms. The number of piperidine rings is 1. The molecule has 1 saturated heterocycles. The molecule has 1 aliphatic rings. The Hall–Kier alpha value is -3.48. The Balaban J connectivity index is 1.37. The van der Waals surface area contributed by atoms with Crippen molar-refractivity contribution in [3.05, 3.63) is 70.9 Å². The van der Waals surface area contributed by atoms with Gasteiger partial charge in [-0.15, -0.1) is 0 Å². The van der Waals surface area contributed by atoms with Crippen LogP contribution in [-0.2, 0) is 11.2 Å². The molecule has 7 heteroatoms. The summed E-state index contributed by atoms with van der Waals surface area (Å²) < 4.78 is 6.98. The van der Waals surface area contributed by atoms with E-state index in [2.05, 4.69) is 10.1 Å². The lowest BCUT2D eigenvalue weighted by Gasteiger charge is -2.33. The van der Waals surface area contributed by atoms with Crippen molar-refractivity contribution >= 4 is 27.8 Å². The Labute approximate surface area is 166 Å². The highest BCUT2D eigenvalue weighted by atomic mass is 16.5. The molecule has 0 bridgehead atoms. The molecule has 1 fully saturated rings. The lowest BCUT2D eigenvalue weighted by Crippen LogP contribution is -2.43. The van der Waals surface area contributed by atoms with Crippen molar-refractivity contribution in [2.75, 3.05) is 13.1 Å². The topological polar surface area (TPSA) is 81.2 Å². The normalized spacial score (nSPS) is 17.1. The fourth-order valence-electron chi connectivity index (χ4n) is 4.07. The maximum atomic E-state index is 12.9. The van der Waals surface area contributed by atoms with Gasteiger partial charge in [0.05, 0.1) is 29.7 Å². The van der Waals surface area contributed by atoms with Crippen molar-refractivity contribution in [2.45, 2.75) is 25.3 Å². The number of likely N-dealkylation sites (tertiary alicyclic amines) is 1. The highest BCUT2D eigenvalue weighted by molar-refractivity contribution is 5.86. The first-order valence-electron chi connectivity index (χ1n) is 9.77. The van der Waals surface area contributed by atoms with Crippen LogP contribution in [0, 0.1) is 0 Å². The van der Waals surface area contributed by atoms with E-state index in [0.29, 0.717) is 35.3 Å². The fourth-order valence-corrected chi connectivity index (χ4v) is 4.07. The summed E-state index contributed by atoms with van der Waals surface area (Å²) in [5.41, 5.74) is 1.96. The molecule has 146 valence electrons. The molecule has 5 rings (SSSR count). The van der Waals surface area contributed by atoms with E-state index >= 15 is 0 Å². The minimum absolute atomic E-state index is 0.00412. The van der Waals surface area contributed by atoms with Crippen LogP contribution < -0.4 is 5.56 Å². The van der Waals surface area contributed by atoms with Gasteiger partial charge in [0.2, 0.25) is 5.91 Å². The van der Waals surface area contributed by atoms with E-state index < -0.39 is 0 Å². The Kier molecular flexibility index (Phi) is 4.35. The van der Waals surface area contributed by atoms with Gasteiger partial charge in [-0.3, -0.25) is 14.2 Å². The van der Waals surface area contributed by atoms with Crippen LogP contribution in [0.5, 0.6) is 0 Å². The Bertz CT molecular complexity index is 1260. The molecule has 1 amide bonds. The van der Waals surface area contributed by atoms with Gasteiger partial charge < -0.3 is 9.42 Å². The number of nitrogens with zero attached hydrogens (tertiary/aromatic N) is 4. The predicted octanol–water partition coefficient (Wildman–Crippen LogP) is 2.94. The molecule has 4 aromatic rings. The molecule has 0 unspecified atom stereocenters. The maximum Gasteiger partial charge on any atom is 0.261 e. The van der Waals surface area contributed by atoms with Gasteiger partial charge in [0.25, 0.3) is 5.56 Å². The number of fused-ring (bicyclic) bond motifs is 2. The zero-order valence-corrected chi connectivity index (χ0v) is 15.8. The first-order chi connectivity index (χ1) is 14.2. The highest BCUT2D eigenvalue weighted by Gasteiger charge is 2.27. The zero-order chi connectivity index (χ0) is 19.8. The molecule has 0 radical (unpaired) electrons. The van der Waals surface area contributed by atoms with E-state index in [1.807, 2.05) is 47.4 Å². The number of hydrogen-bond acceptors (Lipinski definition) is 5. The Morgan fingerprint density at radius 2 is 1.90 bits per heavy atom. The van der Waals surface area contributed by atoms with Crippen molar-refractivity contribution < 1.29 is 9.32 Å². The summed E-state index contributed by atoms with van der Waals surface area (Å²) in [5.74, 6) is -0.00412. The average molecular weight is 388 g/mol. The molecule has 29 heavy (non-hydrogen) atoms. The van der Waals surface area contributed by atoms with Crippen LogP contribution >= 0.6 is 0 Å². The van der Waals surface area contributed by atoms with Crippen LogP contribution in [0.15, 0.2) is 64.2 Å². The molecule has 1 aliphatic heterocycles. The second-order valence-electron chi connectivity index (χ2n) is 7.41. The van der Waals surface area contributed by atoms with Crippen LogP contribution in [0.3, 0.4) is 0 Å². The summed E-state index contributed by atoms with van der Waals surface area (Å²) in [6.07, 6.45) is 3.48. The van der Waals surface area contributed by atoms with Crippen LogP contribution in [0.25, 0.3) is 21.9 Å². The number of amides is 1. The monoisotopic (exact) mass is 388 g/mol. The summed E-state index contributed by atoms with van der Waals surface area (Å²) >= 11 is 0. The van der Waals surface area contributed by atoms with Crippen molar-refractivity contribution in [1.29, 1.82) is 0 Å². The van der Waals surface area contributed by atoms with Crippen molar-refractivity contribution in [1.82, 2.24) is 19.6 Å². The first kappa shape index (κ1) is 17.6. The largest absolute Gasteiger partial charge is 0.356 e. The average Bonchev–Trinajstić information content (AvgIpc) is 3.17. The van der Waals surface area contributed by atoms with E-state index in [1.165, 1.54) is 0 Å². The first-order valence-corrected chi connectivity index (χ1v) is 9.77. The number of carbonyl (C=O) groups is 1. The molecule has 2 aromatic carbocycles. The van der Waals surface area contributed by atoms with Gasteiger partial charge in [0.1, 0.15) is 5.69 Å². The summed E-state index contributed by atoms with van der Waals surface area (Å²) in [4.78, 5) is 32.1. The summed E-state index contributed by atoms with van der Waals surface area (Å²) in [5, 5.41) is 5.54. The number of benzene rings is 2. The summed E-state index contributed by atoms with van der Waals surface area (Å²) in [6, 6.07) is 14.8. The van der Waals surface area contributed by atoms with Gasteiger partial charge in [-0.05, 0) is 37.1 Å². The molecule has 0 aliphatic carbocycles. The molecule has 2 aromatic heterocycles. The SMILES string of the molecule is O=C(Cc1noc2ccccc12)N1CCC[C@H](n2cnc3ccccc3c2=O)C1. The van der Waals surface area contributed by atoms with E-state index in [0.717, 1.165) is 18.2 Å². The van der Waals surface area contributed by atoms with Gasteiger partial charge in [0.15, 0.2) is 5.58 Å². The lowest BCUT2D eigenvalue weighted by atomic mass is 10.0. The lowest BCUT2D eigenvalue weighted by molar-refractivity contribution is -0.132.